The first-order valence-electron chi connectivity index (χ1n) is 7.96. The smallest absolute Gasteiger partial charge is 0.311 e. The number of carbonyl (C=O) groups excluding carboxylic acids is 2. The van der Waals surface area contributed by atoms with Gasteiger partial charge < -0.3 is 15.1 Å². The average molecular weight is 413 g/mol. The first kappa shape index (κ1) is 18.8. The Bertz CT molecular complexity index is 859. The number of anilines is 2. The summed E-state index contributed by atoms with van der Waals surface area (Å²) < 4.78 is 0. The molecule has 0 bridgehead atoms. The Balaban J connectivity index is 1.74. The largest absolute Gasteiger partial charge is 0.322 e. The number of rotatable bonds is 2. The highest BCUT2D eigenvalue weighted by Gasteiger charge is 2.35. The van der Waals surface area contributed by atoms with Gasteiger partial charge in [0.1, 0.15) is 6.04 Å². The van der Waals surface area contributed by atoms with Crippen molar-refractivity contribution in [2.75, 3.05) is 23.3 Å². The number of carbonyl (C=O) groups is 2. The van der Waals surface area contributed by atoms with Crippen molar-refractivity contribution in [2.45, 2.75) is 13.0 Å². The van der Waals surface area contributed by atoms with Crippen LogP contribution in [0, 0.1) is 0 Å². The van der Waals surface area contributed by atoms with E-state index in [-0.39, 0.29) is 11.9 Å². The van der Waals surface area contributed by atoms with E-state index < -0.39 is 6.04 Å². The van der Waals surface area contributed by atoms with Crippen LogP contribution >= 0.6 is 34.8 Å². The van der Waals surface area contributed by atoms with Gasteiger partial charge in [-0.05, 0) is 43.3 Å². The van der Waals surface area contributed by atoms with Crippen molar-refractivity contribution in [3.8, 4) is 0 Å². The van der Waals surface area contributed by atoms with Crippen LogP contribution in [-0.4, -0.2) is 36.0 Å². The number of hydrogen-bond acceptors (Lipinski definition) is 2. The summed E-state index contributed by atoms with van der Waals surface area (Å²) in [7, 11) is 0. The Kier molecular flexibility index (Phi) is 5.61. The van der Waals surface area contributed by atoms with Gasteiger partial charge in [-0.1, -0.05) is 40.9 Å². The average Bonchev–Trinajstić information content (AvgIpc) is 2.58. The van der Waals surface area contributed by atoms with Gasteiger partial charge >= 0.3 is 6.03 Å². The molecule has 0 spiro atoms. The number of benzene rings is 2. The van der Waals surface area contributed by atoms with Crippen LogP contribution in [0.4, 0.5) is 16.2 Å². The second-order valence-electron chi connectivity index (χ2n) is 5.90. The van der Waals surface area contributed by atoms with Gasteiger partial charge in [-0.2, -0.15) is 0 Å². The molecule has 2 aromatic rings. The minimum absolute atomic E-state index is 0.207. The molecule has 1 saturated heterocycles. The molecule has 3 rings (SSSR count). The fraction of sp³-hybridized carbons (Fsp3) is 0.222. The van der Waals surface area contributed by atoms with E-state index in [4.69, 9.17) is 34.8 Å². The summed E-state index contributed by atoms with van der Waals surface area (Å²) in [6.07, 6.45) is 0. The van der Waals surface area contributed by atoms with Crippen LogP contribution in [0.15, 0.2) is 42.5 Å². The van der Waals surface area contributed by atoms with Crippen molar-refractivity contribution in [3.63, 3.8) is 0 Å². The summed E-state index contributed by atoms with van der Waals surface area (Å²) in [4.78, 5) is 28.4. The van der Waals surface area contributed by atoms with Crippen LogP contribution in [0.2, 0.25) is 15.1 Å². The van der Waals surface area contributed by atoms with Gasteiger partial charge in [0, 0.05) is 28.8 Å². The van der Waals surface area contributed by atoms with Gasteiger partial charge in [-0.25, -0.2) is 4.79 Å². The number of amides is 3. The fourth-order valence-electron chi connectivity index (χ4n) is 2.85. The van der Waals surface area contributed by atoms with E-state index in [0.717, 1.165) is 0 Å². The molecule has 0 aromatic heterocycles. The zero-order chi connectivity index (χ0) is 18.8. The molecule has 0 aliphatic carbocycles. The van der Waals surface area contributed by atoms with Gasteiger partial charge in [0.15, 0.2) is 0 Å². The Labute approximate surface area is 166 Å². The Morgan fingerprint density at radius 3 is 2.50 bits per heavy atom. The molecule has 0 unspecified atom stereocenters. The maximum atomic E-state index is 12.8. The summed E-state index contributed by atoms with van der Waals surface area (Å²) in [5.41, 5.74) is 1.16. The summed E-state index contributed by atoms with van der Waals surface area (Å²) in [5, 5.41) is 4.18. The topological polar surface area (TPSA) is 52.7 Å². The lowest BCUT2D eigenvalue weighted by molar-refractivity contribution is -0.123. The van der Waals surface area contributed by atoms with Gasteiger partial charge in [0.2, 0.25) is 5.91 Å². The van der Waals surface area contributed by atoms with Gasteiger partial charge in [0.05, 0.1) is 10.7 Å². The standard InChI is InChI=1S/C18H16Cl3N3O2/c1-11-17(25)24(16-6-5-13(20)10-15(16)21)8-7-23(11)18(26)22-14-4-2-3-12(19)9-14/h2-6,9-11H,7-8H2,1H3,(H,22,26)/t11-/m1/s1. The van der Waals surface area contributed by atoms with Gasteiger partial charge in [0.25, 0.3) is 0 Å². The lowest BCUT2D eigenvalue weighted by atomic mass is 10.1. The van der Waals surface area contributed by atoms with Crippen molar-refractivity contribution in [2.24, 2.45) is 0 Å². The fourth-order valence-corrected chi connectivity index (χ4v) is 3.55. The lowest BCUT2D eigenvalue weighted by Crippen LogP contribution is -2.58. The Morgan fingerprint density at radius 1 is 1.08 bits per heavy atom. The van der Waals surface area contributed by atoms with Crippen LogP contribution in [0.25, 0.3) is 0 Å². The molecule has 2 aromatic carbocycles. The monoisotopic (exact) mass is 411 g/mol. The van der Waals surface area contributed by atoms with Crippen molar-refractivity contribution >= 4 is 58.1 Å². The van der Waals surface area contributed by atoms with Crippen molar-refractivity contribution in [1.82, 2.24) is 4.90 Å². The predicted molar refractivity (Wildman–Crippen MR) is 105 cm³/mol. The lowest BCUT2D eigenvalue weighted by Gasteiger charge is -2.39. The van der Waals surface area contributed by atoms with E-state index in [9.17, 15) is 9.59 Å². The SMILES string of the molecule is C[C@@H]1C(=O)N(c2ccc(Cl)cc2Cl)CCN1C(=O)Nc1cccc(Cl)c1. The normalized spacial score (nSPS) is 17.4. The van der Waals surface area contributed by atoms with Gasteiger partial charge in [-0.15, -0.1) is 0 Å². The Hall–Kier alpha value is -1.95. The van der Waals surface area contributed by atoms with Crippen LogP contribution in [0.5, 0.6) is 0 Å². The molecule has 26 heavy (non-hydrogen) atoms. The first-order chi connectivity index (χ1) is 12.4. The van der Waals surface area contributed by atoms with E-state index >= 15 is 0 Å². The molecular weight excluding hydrogens is 397 g/mol. The highest BCUT2D eigenvalue weighted by molar-refractivity contribution is 6.36. The zero-order valence-electron chi connectivity index (χ0n) is 13.9. The number of piperazine rings is 1. The van der Waals surface area contributed by atoms with E-state index in [1.807, 2.05) is 0 Å². The molecule has 5 nitrogen and oxygen atoms in total. The highest BCUT2D eigenvalue weighted by Crippen LogP contribution is 2.31. The first-order valence-corrected chi connectivity index (χ1v) is 9.10. The van der Waals surface area contributed by atoms with E-state index in [2.05, 4.69) is 5.32 Å². The van der Waals surface area contributed by atoms with Crippen molar-refractivity contribution in [1.29, 1.82) is 0 Å². The van der Waals surface area contributed by atoms with Crippen LogP contribution in [0.1, 0.15) is 6.92 Å². The Morgan fingerprint density at radius 2 is 1.81 bits per heavy atom. The molecule has 1 N–H and O–H groups in total. The number of nitrogens with one attached hydrogen (secondary N) is 1. The molecular formula is C18H16Cl3N3O2. The molecule has 1 aliphatic rings. The maximum absolute atomic E-state index is 12.8. The molecule has 3 amide bonds. The highest BCUT2D eigenvalue weighted by atomic mass is 35.5. The summed E-state index contributed by atoms with van der Waals surface area (Å²) >= 11 is 18.1. The van der Waals surface area contributed by atoms with Gasteiger partial charge in [-0.3, -0.25) is 4.79 Å². The summed E-state index contributed by atoms with van der Waals surface area (Å²) in [6, 6.07) is 10.8. The predicted octanol–water partition coefficient (Wildman–Crippen LogP) is 4.92. The second kappa shape index (κ2) is 7.74. The van der Waals surface area contributed by atoms with Crippen LogP contribution < -0.4 is 10.2 Å². The van der Waals surface area contributed by atoms with E-state index in [0.29, 0.717) is 39.5 Å². The maximum Gasteiger partial charge on any atom is 0.322 e. The van der Waals surface area contributed by atoms with Crippen molar-refractivity contribution in [3.05, 3.63) is 57.5 Å². The molecule has 0 saturated carbocycles. The molecule has 0 radical (unpaired) electrons. The molecule has 1 aliphatic heterocycles. The summed E-state index contributed by atoms with van der Waals surface area (Å²) in [5.74, 6) is -0.207. The van der Waals surface area contributed by atoms with Crippen LogP contribution in [0.3, 0.4) is 0 Å². The third-order valence-corrected chi connectivity index (χ3v) is 4.97. The number of nitrogens with zero attached hydrogens (tertiary/aromatic N) is 2. The minimum Gasteiger partial charge on any atom is -0.311 e. The molecule has 1 fully saturated rings. The number of hydrogen-bond donors (Lipinski definition) is 1. The molecule has 1 heterocycles. The third kappa shape index (κ3) is 3.90. The minimum atomic E-state index is -0.630. The summed E-state index contributed by atoms with van der Waals surface area (Å²) in [6.45, 7) is 2.40. The zero-order valence-corrected chi connectivity index (χ0v) is 16.1. The molecule has 136 valence electrons. The van der Waals surface area contributed by atoms with Crippen LogP contribution in [-0.2, 0) is 4.79 Å². The van der Waals surface area contributed by atoms with E-state index in [1.54, 1.807) is 54.3 Å². The number of halogens is 3. The molecule has 1 atom stereocenters. The second-order valence-corrected chi connectivity index (χ2v) is 7.18. The van der Waals surface area contributed by atoms with E-state index in [1.165, 1.54) is 4.90 Å². The molecule has 8 heteroatoms. The van der Waals surface area contributed by atoms with Crippen molar-refractivity contribution < 1.29 is 9.59 Å². The number of urea groups is 1. The third-order valence-electron chi connectivity index (χ3n) is 4.19. The quantitative estimate of drug-likeness (QED) is 0.761.